The summed E-state index contributed by atoms with van der Waals surface area (Å²) >= 11 is 0. The standard InChI is InChI=1S/C17H26N2O2/c1-20-12-8-9-16(17(11-12)21-2)19-15-6-3-5-13(15)14-7-4-10-18-14/h8-9,11,13-15,18-19H,3-7,10H2,1-2H3. The molecule has 1 saturated carbocycles. The van der Waals surface area contributed by atoms with E-state index in [1.54, 1.807) is 14.2 Å². The fraction of sp³-hybridized carbons (Fsp3) is 0.647. The van der Waals surface area contributed by atoms with Crippen molar-refractivity contribution in [1.29, 1.82) is 0 Å². The van der Waals surface area contributed by atoms with Crippen LogP contribution in [-0.4, -0.2) is 32.8 Å². The van der Waals surface area contributed by atoms with Crippen molar-refractivity contribution in [1.82, 2.24) is 5.32 Å². The minimum atomic E-state index is 0.544. The number of methoxy groups -OCH3 is 2. The molecule has 3 atom stereocenters. The summed E-state index contributed by atoms with van der Waals surface area (Å²) in [6.45, 7) is 1.18. The van der Waals surface area contributed by atoms with Gasteiger partial charge in [0.2, 0.25) is 0 Å². The van der Waals surface area contributed by atoms with Crippen LogP contribution in [0.1, 0.15) is 32.1 Å². The lowest BCUT2D eigenvalue weighted by Gasteiger charge is -2.28. The van der Waals surface area contributed by atoms with Crippen molar-refractivity contribution in [3.8, 4) is 11.5 Å². The van der Waals surface area contributed by atoms with Gasteiger partial charge in [-0.25, -0.2) is 0 Å². The van der Waals surface area contributed by atoms with Crippen molar-refractivity contribution in [3.63, 3.8) is 0 Å². The number of ether oxygens (including phenoxy) is 2. The molecule has 1 aliphatic heterocycles. The van der Waals surface area contributed by atoms with E-state index >= 15 is 0 Å². The topological polar surface area (TPSA) is 42.5 Å². The molecule has 2 fully saturated rings. The Bertz CT molecular complexity index is 472. The van der Waals surface area contributed by atoms with Gasteiger partial charge in [-0.1, -0.05) is 6.42 Å². The van der Waals surface area contributed by atoms with Crippen LogP contribution in [-0.2, 0) is 0 Å². The van der Waals surface area contributed by atoms with Crippen LogP contribution in [0.3, 0.4) is 0 Å². The Hall–Kier alpha value is -1.42. The highest BCUT2D eigenvalue weighted by Crippen LogP contribution is 2.37. The fourth-order valence-electron chi connectivity index (χ4n) is 3.84. The molecule has 1 heterocycles. The van der Waals surface area contributed by atoms with E-state index in [2.05, 4.69) is 16.7 Å². The van der Waals surface area contributed by atoms with Crippen molar-refractivity contribution in [3.05, 3.63) is 18.2 Å². The van der Waals surface area contributed by atoms with E-state index in [1.165, 1.54) is 38.6 Å². The van der Waals surface area contributed by atoms with Gasteiger partial charge in [-0.2, -0.15) is 0 Å². The Balaban J connectivity index is 1.72. The Kier molecular flexibility index (Phi) is 4.54. The molecule has 3 rings (SSSR count). The van der Waals surface area contributed by atoms with Crippen LogP contribution >= 0.6 is 0 Å². The van der Waals surface area contributed by atoms with Crippen LogP contribution in [0.2, 0.25) is 0 Å². The monoisotopic (exact) mass is 290 g/mol. The Morgan fingerprint density at radius 3 is 2.71 bits per heavy atom. The smallest absolute Gasteiger partial charge is 0.145 e. The van der Waals surface area contributed by atoms with Gasteiger partial charge in [0.05, 0.1) is 19.9 Å². The molecule has 4 heteroatoms. The first-order valence-corrected chi connectivity index (χ1v) is 8.04. The summed E-state index contributed by atoms with van der Waals surface area (Å²) in [5.74, 6) is 2.43. The Morgan fingerprint density at radius 2 is 2.00 bits per heavy atom. The minimum absolute atomic E-state index is 0.544. The summed E-state index contributed by atoms with van der Waals surface area (Å²) in [6, 6.07) is 7.23. The zero-order valence-corrected chi connectivity index (χ0v) is 13.0. The predicted molar refractivity (Wildman–Crippen MR) is 85.3 cm³/mol. The maximum absolute atomic E-state index is 5.50. The maximum Gasteiger partial charge on any atom is 0.145 e. The highest BCUT2D eigenvalue weighted by molar-refractivity contribution is 5.59. The van der Waals surface area contributed by atoms with E-state index in [-0.39, 0.29) is 0 Å². The van der Waals surface area contributed by atoms with Crippen molar-refractivity contribution in [2.45, 2.75) is 44.2 Å². The van der Waals surface area contributed by atoms with Gasteiger partial charge in [0.15, 0.2) is 0 Å². The second kappa shape index (κ2) is 6.56. The summed E-state index contributed by atoms with van der Waals surface area (Å²) in [5, 5.41) is 7.39. The van der Waals surface area contributed by atoms with E-state index in [4.69, 9.17) is 9.47 Å². The normalized spacial score (nSPS) is 28.6. The lowest BCUT2D eigenvalue weighted by atomic mass is 9.93. The largest absolute Gasteiger partial charge is 0.497 e. The molecule has 1 saturated heterocycles. The predicted octanol–water partition coefficient (Wildman–Crippen LogP) is 3.04. The summed E-state index contributed by atoms with van der Waals surface area (Å²) in [5.41, 5.74) is 1.08. The molecule has 1 aliphatic carbocycles. The fourth-order valence-corrected chi connectivity index (χ4v) is 3.84. The van der Waals surface area contributed by atoms with Gasteiger partial charge in [0, 0.05) is 18.2 Å². The first-order valence-electron chi connectivity index (χ1n) is 8.04. The Morgan fingerprint density at radius 1 is 1.10 bits per heavy atom. The number of anilines is 1. The van der Waals surface area contributed by atoms with Crippen molar-refractivity contribution in [2.75, 3.05) is 26.1 Å². The molecule has 0 aromatic heterocycles. The zero-order chi connectivity index (χ0) is 14.7. The molecule has 3 unspecified atom stereocenters. The highest BCUT2D eigenvalue weighted by atomic mass is 16.5. The minimum Gasteiger partial charge on any atom is -0.497 e. The third-order valence-electron chi connectivity index (χ3n) is 4.93. The highest BCUT2D eigenvalue weighted by Gasteiger charge is 2.35. The first kappa shape index (κ1) is 14.5. The summed E-state index contributed by atoms with van der Waals surface area (Å²) in [4.78, 5) is 0. The molecule has 0 radical (unpaired) electrons. The molecule has 0 amide bonds. The molecule has 2 aliphatic rings. The average molecular weight is 290 g/mol. The van der Waals surface area contributed by atoms with Crippen LogP contribution < -0.4 is 20.1 Å². The molecule has 1 aromatic rings. The summed E-state index contributed by atoms with van der Waals surface area (Å²) in [6.07, 6.45) is 6.53. The maximum atomic E-state index is 5.50. The second-order valence-electron chi connectivity index (χ2n) is 6.11. The number of rotatable bonds is 5. The van der Waals surface area contributed by atoms with Gasteiger partial charge in [-0.15, -0.1) is 0 Å². The molecule has 1 aromatic carbocycles. The van der Waals surface area contributed by atoms with E-state index in [0.29, 0.717) is 12.1 Å². The molecular weight excluding hydrogens is 264 g/mol. The number of benzene rings is 1. The molecule has 116 valence electrons. The summed E-state index contributed by atoms with van der Waals surface area (Å²) < 4.78 is 10.8. The molecular formula is C17H26N2O2. The van der Waals surface area contributed by atoms with Gasteiger partial charge >= 0.3 is 0 Å². The van der Waals surface area contributed by atoms with Gasteiger partial charge in [0.25, 0.3) is 0 Å². The lowest BCUT2D eigenvalue weighted by molar-refractivity contribution is 0.372. The third-order valence-corrected chi connectivity index (χ3v) is 4.93. The second-order valence-corrected chi connectivity index (χ2v) is 6.11. The van der Waals surface area contributed by atoms with Gasteiger partial charge in [-0.05, 0) is 50.3 Å². The first-order chi connectivity index (χ1) is 10.3. The third kappa shape index (κ3) is 3.10. The van der Waals surface area contributed by atoms with Gasteiger partial charge in [-0.3, -0.25) is 0 Å². The zero-order valence-electron chi connectivity index (χ0n) is 13.0. The van der Waals surface area contributed by atoms with E-state index in [1.807, 2.05) is 12.1 Å². The number of hydrogen-bond donors (Lipinski definition) is 2. The van der Waals surface area contributed by atoms with Crippen molar-refractivity contribution >= 4 is 5.69 Å². The van der Waals surface area contributed by atoms with Crippen molar-refractivity contribution in [2.24, 2.45) is 5.92 Å². The molecule has 0 spiro atoms. The number of hydrogen-bond acceptors (Lipinski definition) is 4. The molecule has 21 heavy (non-hydrogen) atoms. The SMILES string of the molecule is COc1ccc(NC2CCCC2C2CCCN2)c(OC)c1. The van der Waals surface area contributed by atoms with Crippen LogP contribution in [0, 0.1) is 5.92 Å². The van der Waals surface area contributed by atoms with E-state index in [0.717, 1.165) is 23.1 Å². The van der Waals surface area contributed by atoms with Crippen LogP contribution in [0.25, 0.3) is 0 Å². The van der Waals surface area contributed by atoms with Crippen LogP contribution in [0.5, 0.6) is 11.5 Å². The van der Waals surface area contributed by atoms with E-state index in [9.17, 15) is 0 Å². The Labute approximate surface area is 127 Å². The molecule has 2 N–H and O–H groups in total. The van der Waals surface area contributed by atoms with Crippen molar-refractivity contribution < 1.29 is 9.47 Å². The molecule has 4 nitrogen and oxygen atoms in total. The quantitative estimate of drug-likeness (QED) is 0.875. The van der Waals surface area contributed by atoms with Crippen LogP contribution in [0.15, 0.2) is 18.2 Å². The lowest BCUT2D eigenvalue weighted by Crippen LogP contribution is -2.38. The number of nitrogens with one attached hydrogen (secondary N) is 2. The van der Waals surface area contributed by atoms with E-state index < -0.39 is 0 Å². The van der Waals surface area contributed by atoms with Crippen LogP contribution in [0.4, 0.5) is 5.69 Å². The average Bonchev–Trinajstić information content (AvgIpc) is 3.18. The molecule has 0 bridgehead atoms. The van der Waals surface area contributed by atoms with Gasteiger partial charge in [0.1, 0.15) is 11.5 Å². The van der Waals surface area contributed by atoms with Gasteiger partial charge < -0.3 is 20.1 Å². The summed E-state index contributed by atoms with van der Waals surface area (Å²) in [7, 11) is 3.39.